The van der Waals surface area contributed by atoms with Crippen LogP contribution in [0.1, 0.15) is 24.0 Å². The Bertz CT molecular complexity index is 493. The summed E-state index contributed by atoms with van der Waals surface area (Å²) in [5.41, 5.74) is 1.18. The summed E-state index contributed by atoms with van der Waals surface area (Å²) in [6, 6.07) is 4.37. The van der Waals surface area contributed by atoms with E-state index in [-0.39, 0.29) is 12.7 Å². The maximum Gasteiger partial charge on any atom is 0.328 e. The molecule has 1 fully saturated rings. The van der Waals surface area contributed by atoms with E-state index in [1.165, 1.54) is 18.2 Å². The van der Waals surface area contributed by atoms with Gasteiger partial charge in [-0.25, -0.2) is 9.18 Å². The lowest BCUT2D eigenvalue weighted by atomic mass is 10.1. The zero-order valence-corrected chi connectivity index (χ0v) is 11.0. The van der Waals surface area contributed by atoms with E-state index in [4.69, 9.17) is 14.6 Å². The van der Waals surface area contributed by atoms with Crippen LogP contribution in [0.5, 0.6) is 0 Å². The van der Waals surface area contributed by atoms with Gasteiger partial charge in [-0.15, -0.1) is 0 Å². The quantitative estimate of drug-likeness (QED) is 0.814. The minimum absolute atomic E-state index is 0.134. The van der Waals surface area contributed by atoms with Crippen LogP contribution in [0.2, 0.25) is 0 Å². The van der Waals surface area contributed by atoms with E-state index in [2.05, 4.69) is 0 Å². The molecule has 1 unspecified atom stereocenters. The van der Waals surface area contributed by atoms with Gasteiger partial charge in [0.25, 0.3) is 0 Å². The van der Waals surface area contributed by atoms with Crippen molar-refractivity contribution in [3.05, 3.63) is 41.2 Å². The first kappa shape index (κ1) is 14.7. The highest BCUT2D eigenvalue weighted by molar-refractivity contribution is 5.85. The molecule has 0 aliphatic carbocycles. The fourth-order valence-electron chi connectivity index (χ4n) is 2.11. The molecule has 20 heavy (non-hydrogen) atoms. The summed E-state index contributed by atoms with van der Waals surface area (Å²) in [5.74, 6) is -1.47. The van der Waals surface area contributed by atoms with Crippen LogP contribution in [0.3, 0.4) is 0 Å². The van der Waals surface area contributed by atoms with Crippen molar-refractivity contribution in [2.75, 3.05) is 13.2 Å². The molecule has 1 N–H and O–H groups in total. The topological polar surface area (TPSA) is 55.8 Å². The van der Waals surface area contributed by atoms with Crippen LogP contribution in [0.15, 0.2) is 24.3 Å². The van der Waals surface area contributed by atoms with E-state index >= 15 is 0 Å². The molecule has 1 heterocycles. The minimum atomic E-state index is -1.06. The summed E-state index contributed by atoms with van der Waals surface area (Å²) in [4.78, 5) is 10.4. The highest BCUT2D eigenvalue weighted by Crippen LogP contribution is 2.15. The van der Waals surface area contributed by atoms with Gasteiger partial charge in [0.1, 0.15) is 5.82 Å². The van der Waals surface area contributed by atoms with E-state index in [9.17, 15) is 9.18 Å². The molecule has 5 heteroatoms. The zero-order chi connectivity index (χ0) is 14.4. The van der Waals surface area contributed by atoms with E-state index in [0.29, 0.717) is 17.7 Å². The number of halogens is 1. The molecule has 1 aliphatic rings. The van der Waals surface area contributed by atoms with E-state index < -0.39 is 11.8 Å². The third-order valence-corrected chi connectivity index (χ3v) is 2.99. The second-order valence-corrected chi connectivity index (χ2v) is 4.71. The lowest BCUT2D eigenvalue weighted by Crippen LogP contribution is -2.13. The molecule has 108 valence electrons. The fourth-order valence-corrected chi connectivity index (χ4v) is 2.11. The lowest BCUT2D eigenvalue weighted by molar-refractivity contribution is -0.131. The first-order valence-electron chi connectivity index (χ1n) is 6.53. The van der Waals surface area contributed by atoms with Crippen molar-refractivity contribution < 1.29 is 23.8 Å². The SMILES string of the molecule is O=C(O)C=Cc1cc(F)cc(COCC2CCCO2)c1. The van der Waals surface area contributed by atoms with Gasteiger partial charge in [-0.2, -0.15) is 0 Å². The van der Waals surface area contributed by atoms with Gasteiger partial charge in [-0.05, 0) is 48.2 Å². The Morgan fingerprint density at radius 3 is 3.05 bits per heavy atom. The van der Waals surface area contributed by atoms with Crippen LogP contribution in [0.4, 0.5) is 4.39 Å². The van der Waals surface area contributed by atoms with E-state index in [1.807, 2.05) is 0 Å². The van der Waals surface area contributed by atoms with Crippen molar-refractivity contribution in [3.63, 3.8) is 0 Å². The summed E-state index contributed by atoms with van der Waals surface area (Å²) in [6.45, 7) is 1.56. The Hall–Kier alpha value is -1.72. The molecule has 1 aromatic rings. The number of carbonyl (C=O) groups is 1. The lowest BCUT2D eigenvalue weighted by Gasteiger charge is -2.10. The summed E-state index contributed by atoms with van der Waals surface area (Å²) >= 11 is 0. The van der Waals surface area contributed by atoms with Gasteiger partial charge < -0.3 is 14.6 Å². The Kier molecular flexibility index (Phi) is 5.26. The largest absolute Gasteiger partial charge is 0.478 e. The van der Waals surface area contributed by atoms with E-state index in [1.54, 1.807) is 6.07 Å². The molecule has 0 saturated carbocycles. The maximum absolute atomic E-state index is 13.4. The minimum Gasteiger partial charge on any atom is -0.478 e. The van der Waals surface area contributed by atoms with Gasteiger partial charge in [0.05, 0.1) is 19.3 Å². The highest BCUT2D eigenvalue weighted by Gasteiger charge is 2.15. The Morgan fingerprint density at radius 1 is 1.50 bits per heavy atom. The van der Waals surface area contributed by atoms with Crippen molar-refractivity contribution >= 4 is 12.0 Å². The summed E-state index contributed by atoms with van der Waals surface area (Å²) in [7, 11) is 0. The second-order valence-electron chi connectivity index (χ2n) is 4.71. The number of rotatable bonds is 6. The summed E-state index contributed by atoms with van der Waals surface area (Å²) in [6.07, 6.45) is 4.52. The predicted molar refractivity (Wildman–Crippen MR) is 71.7 cm³/mol. The van der Waals surface area contributed by atoms with Crippen LogP contribution in [-0.2, 0) is 20.9 Å². The molecule has 1 atom stereocenters. The van der Waals surface area contributed by atoms with Gasteiger partial charge in [0.2, 0.25) is 0 Å². The van der Waals surface area contributed by atoms with Crippen molar-refractivity contribution in [2.45, 2.75) is 25.6 Å². The fraction of sp³-hybridized carbons (Fsp3) is 0.400. The molecule has 0 amide bonds. The third-order valence-electron chi connectivity index (χ3n) is 2.99. The second kappa shape index (κ2) is 7.17. The number of carboxylic acids is 1. The van der Waals surface area contributed by atoms with Gasteiger partial charge >= 0.3 is 5.97 Å². The molecule has 0 radical (unpaired) electrons. The molecule has 0 aromatic heterocycles. The smallest absolute Gasteiger partial charge is 0.328 e. The number of hydrogen-bond donors (Lipinski definition) is 1. The van der Waals surface area contributed by atoms with Crippen LogP contribution >= 0.6 is 0 Å². The average molecular weight is 280 g/mol. The Labute approximate surface area is 116 Å². The molecular formula is C15H17FO4. The normalized spacial score (nSPS) is 18.8. The number of benzene rings is 1. The monoisotopic (exact) mass is 280 g/mol. The number of ether oxygens (including phenoxy) is 2. The molecule has 4 nitrogen and oxygen atoms in total. The van der Waals surface area contributed by atoms with Crippen LogP contribution in [-0.4, -0.2) is 30.4 Å². The van der Waals surface area contributed by atoms with Crippen LogP contribution < -0.4 is 0 Å². The van der Waals surface area contributed by atoms with Crippen molar-refractivity contribution in [1.82, 2.24) is 0 Å². The van der Waals surface area contributed by atoms with Crippen molar-refractivity contribution in [1.29, 1.82) is 0 Å². The molecule has 0 bridgehead atoms. The van der Waals surface area contributed by atoms with Crippen molar-refractivity contribution in [3.8, 4) is 0 Å². The Morgan fingerprint density at radius 2 is 2.35 bits per heavy atom. The molecule has 1 aromatic carbocycles. The molecular weight excluding hydrogens is 263 g/mol. The summed E-state index contributed by atoms with van der Waals surface area (Å²) < 4.78 is 24.4. The molecule has 1 aliphatic heterocycles. The number of aliphatic carboxylic acids is 1. The maximum atomic E-state index is 13.4. The molecule has 2 rings (SSSR count). The first-order valence-corrected chi connectivity index (χ1v) is 6.53. The molecule has 0 spiro atoms. The third kappa shape index (κ3) is 4.75. The standard InChI is InChI=1S/C15H17FO4/c16-13-7-11(3-4-15(17)18)6-12(8-13)9-19-10-14-2-1-5-20-14/h3-4,6-8,14H,1-2,5,9-10H2,(H,17,18). The van der Waals surface area contributed by atoms with Gasteiger partial charge in [-0.1, -0.05) is 0 Å². The number of hydrogen-bond acceptors (Lipinski definition) is 3. The van der Waals surface area contributed by atoms with Gasteiger partial charge in [0, 0.05) is 12.7 Å². The average Bonchev–Trinajstić information content (AvgIpc) is 2.89. The Balaban J connectivity index is 1.91. The zero-order valence-electron chi connectivity index (χ0n) is 11.0. The van der Waals surface area contributed by atoms with Gasteiger partial charge in [0.15, 0.2) is 0 Å². The molecule has 1 saturated heterocycles. The van der Waals surface area contributed by atoms with Crippen LogP contribution in [0, 0.1) is 5.82 Å². The summed E-state index contributed by atoms with van der Waals surface area (Å²) in [5, 5.41) is 8.56. The first-order chi connectivity index (χ1) is 9.63. The van der Waals surface area contributed by atoms with E-state index in [0.717, 1.165) is 25.5 Å². The highest BCUT2D eigenvalue weighted by atomic mass is 19.1. The van der Waals surface area contributed by atoms with Crippen molar-refractivity contribution in [2.24, 2.45) is 0 Å². The predicted octanol–water partition coefficient (Wildman–Crippen LogP) is 2.62. The van der Waals surface area contributed by atoms with Gasteiger partial charge in [-0.3, -0.25) is 0 Å². The number of carboxylic acid groups (broad SMARTS) is 1. The van der Waals surface area contributed by atoms with Crippen LogP contribution in [0.25, 0.3) is 6.08 Å².